The van der Waals surface area contributed by atoms with E-state index in [4.69, 9.17) is 0 Å². The van der Waals surface area contributed by atoms with Gasteiger partial charge in [-0.2, -0.15) is 12.6 Å². The lowest BCUT2D eigenvalue weighted by molar-refractivity contribution is 0.845. The maximum absolute atomic E-state index is 4.49. The van der Waals surface area contributed by atoms with Gasteiger partial charge in [-0.25, -0.2) is 0 Å². The minimum Gasteiger partial charge on any atom is -0.162 e. The van der Waals surface area contributed by atoms with E-state index in [1.807, 2.05) is 11.8 Å². The molecular weight excluding hydrogens is 148 g/mol. The summed E-state index contributed by atoms with van der Waals surface area (Å²) in [5.41, 5.74) is 0. The Morgan fingerprint density at radius 3 is 2.11 bits per heavy atom. The van der Waals surface area contributed by atoms with Gasteiger partial charge in [-0.1, -0.05) is 20.8 Å². The highest BCUT2D eigenvalue weighted by atomic mass is 32.2. The Bertz CT molecular complexity index is 77.0. The Balaban J connectivity index is 3.58. The highest BCUT2D eigenvalue weighted by molar-refractivity contribution is 8.11. The first-order valence-corrected chi connectivity index (χ1v) is 4.71. The van der Waals surface area contributed by atoms with Crippen LogP contribution in [0.1, 0.15) is 34.1 Å². The van der Waals surface area contributed by atoms with Gasteiger partial charge < -0.3 is 0 Å². The maximum atomic E-state index is 4.49. The molecule has 0 spiro atoms. The van der Waals surface area contributed by atoms with Crippen molar-refractivity contribution in [1.82, 2.24) is 0 Å². The fourth-order valence-electron chi connectivity index (χ4n) is 0.591. The highest BCUT2D eigenvalue weighted by Gasteiger charge is 2.17. The van der Waals surface area contributed by atoms with Gasteiger partial charge in [0.25, 0.3) is 0 Å². The van der Waals surface area contributed by atoms with E-state index in [-0.39, 0.29) is 4.08 Å². The molecule has 0 aromatic carbocycles. The van der Waals surface area contributed by atoms with Crippen LogP contribution in [-0.2, 0) is 0 Å². The molecular formula is C7H16S2. The van der Waals surface area contributed by atoms with Gasteiger partial charge in [-0.3, -0.25) is 0 Å². The molecule has 0 nitrogen and oxygen atoms in total. The van der Waals surface area contributed by atoms with Crippen molar-refractivity contribution in [1.29, 1.82) is 0 Å². The van der Waals surface area contributed by atoms with Gasteiger partial charge in [0.2, 0.25) is 0 Å². The zero-order valence-corrected chi connectivity index (χ0v) is 8.35. The molecule has 0 bridgehead atoms. The number of hydrogen-bond acceptors (Lipinski definition) is 2. The summed E-state index contributed by atoms with van der Waals surface area (Å²) >= 11 is 6.41. The third-order valence-electron chi connectivity index (χ3n) is 1.15. The first kappa shape index (κ1) is 9.70. The van der Waals surface area contributed by atoms with Crippen LogP contribution >= 0.6 is 24.4 Å². The average Bonchev–Trinajstić information content (AvgIpc) is 1.63. The van der Waals surface area contributed by atoms with Gasteiger partial charge in [0.1, 0.15) is 0 Å². The standard InChI is InChI=1S/C7H16S2/c1-5-7(4,8)9-6(2)3/h6,8H,5H2,1-4H3. The minimum atomic E-state index is 0.175. The molecule has 0 aliphatic rings. The second kappa shape index (κ2) is 3.77. The van der Waals surface area contributed by atoms with E-state index >= 15 is 0 Å². The van der Waals surface area contributed by atoms with E-state index in [0.717, 1.165) is 6.42 Å². The van der Waals surface area contributed by atoms with E-state index < -0.39 is 0 Å². The van der Waals surface area contributed by atoms with Crippen LogP contribution in [0, 0.1) is 0 Å². The van der Waals surface area contributed by atoms with Crippen molar-refractivity contribution in [2.75, 3.05) is 0 Å². The molecule has 0 heterocycles. The SMILES string of the molecule is CCC(C)(S)SC(C)C. The lowest BCUT2D eigenvalue weighted by Crippen LogP contribution is -2.12. The molecule has 0 fully saturated rings. The Kier molecular flexibility index (Phi) is 4.06. The first-order valence-electron chi connectivity index (χ1n) is 3.38. The molecule has 0 aliphatic heterocycles. The van der Waals surface area contributed by atoms with Crippen LogP contribution in [0.15, 0.2) is 0 Å². The molecule has 1 atom stereocenters. The second-order valence-corrected chi connectivity index (χ2v) is 6.06. The Morgan fingerprint density at radius 1 is 1.56 bits per heavy atom. The van der Waals surface area contributed by atoms with E-state index in [1.54, 1.807) is 0 Å². The average molecular weight is 164 g/mol. The molecule has 1 unspecified atom stereocenters. The van der Waals surface area contributed by atoms with Crippen LogP contribution in [0.5, 0.6) is 0 Å². The number of rotatable bonds is 3. The zero-order valence-electron chi connectivity index (χ0n) is 6.64. The van der Waals surface area contributed by atoms with Crippen LogP contribution in [0.25, 0.3) is 0 Å². The number of thioether (sulfide) groups is 1. The minimum absolute atomic E-state index is 0.175. The van der Waals surface area contributed by atoms with Crippen molar-refractivity contribution < 1.29 is 0 Å². The summed E-state index contributed by atoms with van der Waals surface area (Å²) in [6.45, 7) is 8.74. The monoisotopic (exact) mass is 164 g/mol. The molecule has 9 heavy (non-hydrogen) atoms. The highest BCUT2D eigenvalue weighted by Crippen LogP contribution is 2.34. The van der Waals surface area contributed by atoms with Gasteiger partial charge in [0, 0.05) is 5.25 Å². The lowest BCUT2D eigenvalue weighted by Gasteiger charge is -2.22. The van der Waals surface area contributed by atoms with E-state index in [0.29, 0.717) is 5.25 Å². The van der Waals surface area contributed by atoms with Gasteiger partial charge in [0.15, 0.2) is 0 Å². The van der Waals surface area contributed by atoms with Crippen LogP contribution in [0.4, 0.5) is 0 Å². The second-order valence-electron chi connectivity index (χ2n) is 2.70. The molecule has 0 aliphatic carbocycles. The summed E-state index contributed by atoms with van der Waals surface area (Å²) in [5.74, 6) is 0. The predicted octanol–water partition coefficient (Wildman–Crippen LogP) is 3.18. The molecule has 0 rings (SSSR count). The van der Waals surface area contributed by atoms with Crippen molar-refractivity contribution in [2.24, 2.45) is 0 Å². The Morgan fingerprint density at radius 2 is 2.00 bits per heavy atom. The lowest BCUT2D eigenvalue weighted by atomic mass is 10.4. The molecule has 0 N–H and O–H groups in total. The molecule has 0 radical (unpaired) electrons. The van der Waals surface area contributed by atoms with E-state index in [1.165, 1.54) is 0 Å². The molecule has 2 heteroatoms. The van der Waals surface area contributed by atoms with Crippen LogP contribution in [-0.4, -0.2) is 9.33 Å². The van der Waals surface area contributed by atoms with Crippen molar-refractivity contribution in [3.8, 4) is 0 Å². The largest absolute Gasteiger partial charge is 0.162 e. The summed E-state index contributed by atoms with van der Waals surface area (Å²) in [7, 11) is 0. The molecule has 0 amide bonds. The smallest absolute Gasteiger partial charge is 0.0553 e. The van der Waals surface area contributed by atoms with E-state index in [2.05, 4.69) is 40.3 Å². The summed E-state index contributed by atoms with van der Waals surface area (Å²) in [6.07, 6.45) is 1.12. The molecule has 0 aromatic rings. The third kappa shape index (κ3) is 5.16. The third-order valence-corrected chi connectivity index (χ3v) is 3.05. The molecule has 0 saturated heterocycles. The van der Waals surface area contributed by atoms with Gasteiger partial charge in [0.05, 0.1) is 4.08 Å². The number of hydrogen-bond donors (Lipinski definition) is 1. The molecule has 0 saturated carbocycles. The fraction of sp³-hybridized carbons (Fsp3) is 1.00. The Labute approximate surface area is 68.2 Å². The Hall–Kier alpha value is 0.700. The summed E-state index contributed by atoms with van der Waals surface area (Å²) < 4.78 is 0.175. The topological polar surface area (TPSA) is 0 Å². The first-order chi connectivity index (χ1) is 3.98. The van der Waals surface area contributed by atoms with Crippen molar-refractivity contribution in [2.45, 2.75) is 43.4 Å². The predicted molar refractivity (Wildman–Crippen MR) is 50.4 cm³/mol. The van der Waals surface area contributed by atoms with Crippen molar-refractivity contribution in [3.63, 3.8) is 0 Å². The van der Waals surface area contributed by atoms with Gasteiger partial charge >= 0.3 is 0 Å². The number of thiol groups is 1. The van der Waals surface area contributed by atoms with Crippen LogP contribution < -0.4 is 0 Å². The van der Waals surface area contributed by atoms with Gasteiger partial charge in [-0.05, 0) is 13.3 Å². The molecule has 0 aromatic heterocycles. The normalized spacial score (nSPS) is 18.0. The fourth-order valence-corrected chi connectivity index (χ4v) is 2.41. The van der Waals surface area contributed by atoms with Crippen molar-refractivity contribution in [3.05, 3.63) is 0 Å². The quantitative estimate of drug-likeness (QED) is 0.494. The summed E-state index contributed by atoms with van der Waals surface area (Å²) in [4.78, 5) is 0. The summed E-state index contributed by atoms with van der Waals surface area (Å²) in [5, 5.41) is 0.687. The maximum Gasteiger partial charge on any atom is 0.0553 e. The van der Waals surface area contributed by atoms with E-state index in [9.17, 15) is 0 Å². The zero-order chi connectivity index (χ0) is 7.49. The molecule has 56 valence electrons. The van der Waals surface area contributed by atoms with Gasteiger partial charge in [-0.15, -0.1) is 11.8 Å². The van der Waals surface area contributed by atoms with Crippen LogP contribution in [0.2, 0.25) is 0 Å². The summed E-state index contributed by atoms with van der Waals surface area (Å²) in [6, 6.07) is 0. The van der Waals surface area contributed by atoms with Crippen LogP contribution in [0.3, 0.4) is 0 Å². The van der Waals surface area contributed by atoms with Crippen molar-refractivity contribution >= 4 is 24.4 Å².